The summed E-state index contributed by atoms with van der Waals surface area (Å²) in [7, 11) is 0. The van der Waals surface area contributed by atoms with Crippen LogP contribution in [0.4, 0.5) is 0 Å². The van der Waals surface area contributed by atoms with Gasteiger partial charge in [-0.1, -0.05) is 54.1 Å². The highest BCUT2D eigenvalue weighted by atomic mass is 35.5. The first-order valence-corrected chi connectivity index (χ1v) is 8.85. The highest BCUT2D eigenvalue weighted by molar-refractivity contribution is 6.30. The molecule has 0 amide bonds. The zero-order valence-corrected chi connectivity index (χ0v) is 15.0. The molecule has 0 bridgehead atoms. The number of para-hydroxylation sites is 1. The Bertz CT molecular complexity index is 1120. The summed E-state index contributed by atoms with van der Waals surface area (Å²) in [6.45, 7) is 2.02. The molecule has 0 radical (unpaired) electrons. The standard InChI is InChI=1S/C22H17ClN2O/c1-15(16-7-3-2-4-8-16)25-21(17-11-13-18(23)14-12-17)24-20-10-6-5-9-19(20)22(25)26/h2-15H,1H3. The summed E-state index contributed by atoms with van der Waals surface area (Å²) < 4.78 is 1.76. The average Bonchev–Trinajstić information content (AvgIpc) is 2.69. The van der Waals surface area contributed by atoms with E-state index in [1.807, 2.05) is 85.8 Å². The minimum atomic E-state index is -0.147. The molecule has 4 rings (SSSR count). The van der Waals surface area contributed by atoms with E-state index < -0.39 is 0 Å². The van der Waals surface area contributed by atoms with E-state index in [1.165, 1.54) is 0 Å². The van der Waals surface area contributed by atoms with Gasteiger partial charge in [0.05, 0.1) is 16.9 Å². The smallest absolute Gasteiger partial charge is 0.262 e. The number of aromatic nitrogens is 2. The highest BCUT2D eigenvalue weighted by Crippen LogP contribution is 2.26. The van der Waals surface area contributed by atoms with E-state index in [2.05, 4.69) is 0 Å². The van der Waals surface area contributed by atoms with Crippen LogP contribution in [0.5, 0.6) is 0 Å². The van der Waals surface area contributed by atoms with E-state index in [0.29, 0.717) is 21.7 Å². The Morgan fingerprint density at radius 2 is 1.54 bits per heavy atom. The van der Waals surface area contributed by atoms with E-state index in [1.54, 1.807) is 4.57 Å². The van der Waals surface area contributed by atoms with E-state index >= 15 is 0 Å². The van der Waals surface area contributed by atoms with Crippen LogP contribution in [0.15, 0.2) is 83.7 Å². The van der Waals surface area contributed by atoms with Crippen LogP contribution in [0.1, 0.15) is 18.5 Å². The van der Waals surface area contributed by atoms with Crippen molar-refractivity contribution in [3.05, 3.63) is 99.8 Å². The maximum Gasteiger partial charge on any atom is 0.262 e. The molecule has 1 heterocycles. The third-order valence-electron chi connectivity index (χ3n) is 4.58. The Morgan fingerprint density at radius 3 is 2.27 bits per heavy atom. The number of benzene rings is 3. The van der Waals surface area contributed by atoms with Crippen molar-refractivity contribution in [1.82, 2.24) is 9.55 Å². The SMILES string of the molecule is CC(c1ccccc1)n1c(-c2ccc(Cl)cc2)nc2ccccc2c1=O. The maximum atomic E-state index is 13.3. The van der Waals surface area contributed by atoms with Gasteiger partial charge in [-0.05, 0) is 48.9 Å². The predicted molar refractivity (Wildman–Crippen MR) is 107 cm³/mol. The number of hydrogen-bond acceptors (Lipinski definition) is 2. The molecule has 26 heavy (non-hydrogen) atoms. The molecule has 0 spiro atoms. The first-order valence-electron chi connectivity index (χ1n) is 8.47. The van der Waals surface area contributed by atoms with Crippen molar-refractivity contribution in [3.8, 4) is 11.4 Å². The minimum absolute atomic E-state index is 0.0445. The zero-order valence-electron chi connectivity index (χ0n) is 14.3. The van der Waals surface area contributed by atoms with Gasteiger partial charge < -0.3 is 0 Å². The first kappa shape index (κ1) is 16.6. The van der Waals surface area contributed by atoms with Gasteiger partial charge in [0.1, 0.15) is 5.82 Å². The Kier molecular flexibility index (Phi) is 4.31. The molecule has 4 aromatic rings. The van der Waals surface area contributed by atoms with Crippen LogP contribution >= 0.6 is 11.6 Å². The lowest BCUT2D eigenvalue weighted by atomic mass is 10.1. The number of hydrogen-bond donors (Lipinski definition) is 0. The summed E-state index contributed by atoms with van der Waals surface area (Å²) in [4.78, 5) is 18.1. The lowest BCUT2D eigenvalue weighted by Gasteiger charge is -2.20. The molecular formula is C22H17ClN2O. The molecule has 0 fully saturated rings. The minimum Gasteiger partial charge on any atom is -0.285 e. The number of rotatable bonds is 3. The summed E-state index contributed by atoms with van der Waals surface area (Å²) in [5.41, 5.74) is 2.57. The Hall–Kier alpha value is -2.91. The molecule has 0 saturated heterocycles. The highest BCUT2D eigenvalue weighted by Gasteiger charge is 2.18. The average molecular weight is 361 g/mol. The first-order chi connectivity index (χ1) is 12.6. The molecule has 1 unspecified atom stereocenters. The van der Waals surface area contributed by atoms with Gasteiger partial charge in [-0.2, -0.15) is 0 Å². The van der Waals surface area contributed by atoms with Crippen LogP contribution < -0.4 is 5.56 Å². The fourth-order valence-corrected chi connectivity index (χ4v) is 3.31. The van der Waals surface area contributed by atoms with Crippen LogP contribution in [-0.2, 0) is 0 Å². The Balaban J connectivity index is 2.03. The molecular weight excluding hydrogens is 344 g/mol. The molecule has 0 aliphatic rings. The summed E-state index contributed by atoms with van der Waals surface area (Å²) in [5, 5.41) is 1.27. The zero-order chi connectivity index (χ0) is 18.1. The van der Waals surface area contributed by atoms with Crippen molar-refractivity contribution >= 4 is 22.5 Å². The second-order valence-corrected chi connectivity index (χ2v) is 6.66. The summed E-state index contributed by atoms with van der Waals surface area (Å²) in [5.74, 6) is 0.640. The van der Waals surface area contributed by atoms with E-state index in [9.17, 15) is 4.79 Å². The molecule has 0 aliphatic carbocycles. The van der Waals surface area contributed by atoms with Crippen LogP contribution in [0, 0.1) is 0 Å². The van der Waals surface area contributed by atoms with E-state index in [-0.39, 0.29) is 11.6 Å². The van der Waals surface area contributed by atoms with Gasteiger partial charge in [0.2, 0.25) is 0 Å². The Morgan fingerprint density at radius 1 is 0.885 bits per heavy atom. The van der Waals surface area contributed by atoms with Gasteiger partial charge >= 0.3 is 0 Å². The number of fused-ring (bicyclic) bond motifs is 1. The second-order valence-electron chi connectivity index (χ2n) is 6.22. The number of halogens is 1. The lowest BCUT2D eigenvalue weighted by Crippen LogP contribution is -2.27. The van der Waals surface area contributed by atoms with E-state index in [0.717, 1.165) is 11.1 Å². The van der Waals surface area contributed by atoms with Crippen molar-refractivity contribution in [3.63, 3.8) is 0 Å². The number of nitrogens with zero attached hydrogens (tertiary/aromatic N) is 2. The van der Waals surface area contributed by atoms with Crippen LogP contribution in [0.3, 0.4) is 0 Å². The van der Waals surface area contributed by atoms with Crippen molar-refractivity contribution in [1.29, 1.82) is 0 Å². The monoisotopic (exact) mass is 360 g/mol. The summed E-state index contributed by atoms with van der Waals surface area (Å²) >= 11 is 6.03. The molecule has 4 heteroatoms. The summed E-state index contributed by atoms with van der Waals surface area (Å²) in [6, 6.07) is 24.7. The van der Waals surface area contributed by atoms with Crippen molar-refractivity contribution in [2.45, 2.75) is 13.0 Å². The molecule has 0 aliphatic heterocycles. The van der Waals surface area contributed by atoms with Crippen LogP contribution in [-0.4, -0.2) is 9.55 Å². The maximum absolute atomic E-state index is 13.3. The van der Waals surface area contributed by atoms with Gasteiger partial charge in [-0.25, -0.2) is 4.98 Å². The van der Waals surface area contributed by atoms with Gasteiger partial charge in [-0.3, -0.25) is 9.36 Å². The predicted octanol–water partition coefficient (Wildman–Crippen LogP) is 5.33. The molecule has 0 saturated carbocycles. The summed E-state index contributed by atoms with van der Waals surface area (Å²) in [6.07, 6.45) is 0. The molecule has 1 aromatic heterocycles. The molecule has 1 atom stereocenters. The van der Waals surface area contributed by atoms with Crippen molar-refractivity contribution in [2.24, 2.45) is 0 Å². The van der Waals surface area contributed by atoms with Crippen molar-refractivity contribution in [2.75, 3.05) is 0 Å². The Labute approximate surface area is 156 Å². The normalized spacial score (nSPS) is 12.2. The second kappa shape index (κ2) is 6.77. The fourth-order valence-electron chi connectivity index (χ4n) is 3.19. The van der Waals surface area contributed by atoms with E-state index in [4.69, 9.17) is 16.6 Å². The largest absolute Gasteiger partial charge is 0.285 e. The van der Waals surface area contributed by atoms with Gasteiger partial charge in [-0.15, -0.1) is 0 Å². The molecule has 0 N–H and O–H groups in total. The van der Waals surface area contributed by atoms with Gasteiger partial charge in [0, 0.05) is 10.6 Å². The topological polar surface area (TPSA) is 34.9 Å². The lowest BCUT2D eigenvalue weighted by molar-refractivity contribution is 0.617. The molecule has 3 aromatic carbocycles. The van der Waals surface area contributed by atoms with Crippen LogP contribution in [0.2, 0.25) is 5.02 Å². The quantitative estimate of drug-likeness (QED) is 0.495. The fraction of sp³-hybridized carbons (Fsp3) is 0.0909. The third kappa shape index (κ3) is 2.91. The molecule has 3 nitrogen and oxygen atoms in total. The van der Waals surface area contributed by atoms with Crippen LogP contribution in [0.25, 0.3) is 22.3 Å². The van der Waals surface area contributed by atoms with Gasteiger partial charge in [0.25, 0.3) is 5.56 Å². The molecule has 128 valence electrons. The third-order valence-corrected chi connectivity index (χ3v) is 4.83. The van der Waals surface area contributed by atoms with Gasteiger partial charge in [0.15, 0.2) is 0 Å². The van der Waals surface area contributed by atoms with Crippen molar-refractivity contribution < 1.29 is 0 Å².